The number of hydrogen-bond donors (Lipinski definition) is 0. The number of fused-ring (bicyclic) bond motifs is 1. The zero-order chi connectivity index (χ0) is 7.84. The van der Waals surface area contributed by atoms with Crippen LogP contribution in [0.5, 0.6) is 0 Å². The van der Waals surface area contributed by atoms with Crippen molar-refractivity contribution in [3.8, 4) is 0 Å². The molecule has 0 atom stereocenters. The molecule has 0 radical (unpaired) electrons. The Labute approximate surface area is 69.4 Å². The van der Waals surface area contributed by atoms with E-state index in [2.05, 4.69) is 4.98 Å². The topological polar surface area (TPSA) is 17.3 Å². The van der Waals surface area contributed by atoms with Gasteiger partial charge in [0.2, 0.25) is 0 Å². The summed E-state index contributed by atoms with van der Waals surface area (Å²) in [5, 5.41) is 0.751. The minimum absolute atomic E-state index is 0.751. The van der Waals surface area contributed by atoms with Crippen molar-refractivity contribution >= 4 is 17.1 Å². The lowest BCUT2D eigenvalue weighted by molar-refractivity contribution is 1.09. The Morgan fingerprint density at radius 1 is 1.55 bits per heavy atom. The molecule has 0 aliphatic carbocycles. The van der Waals surface area contributed by atoms with Crippen LogP contribution in [0, 0.1) is 6.92 Å². The van der Waals surface area contributed by atoms with Gasteiger partial charge in [-0.25, -0.2) is 0 Å². The highest BCUT2D eigenvalue weighted by molar-refractivity contribution is 6.31. The SMILES string of the molecule is Cc1nccn2cc(Cl)cc12. The van der Waals surface area contributed by atoms with Crippen LogP contribution in [-0.2, 0) is 0 Å². The molecule has 2 aromatic rings. The van der Waals surface area contributed by atoms with Crippen molar-refractivity contribution in [3.63, 3.8) is 0 Å². The Morgan fingerprint density at radius 3 is 3.09 bits per heavy atom. The second-order valence-electron chi connectivity index (χ2n) is 2.46. The van der Waals surface area contributed by atoms with Gasteiger partial charge in [0, 0.05) is 18.6 Å². The molecule has 0 saturated carbocycles. The lowest BCUT2D eigenvalue weighted by Gasteiger charge is -1.94. The van der Waals surface area contributed by atoms with E-state index in [4.69, 9.17) is 11.6 Å². The van der Waals surface area contributed by atoms with Gasteiger partial charge in [0.25, 0.3) is 0 Å². The van der Waals surface area contributed by atoms with E-state index in [-0.39, 0.29) is 0 Å². The molecule has 0 bridgehead atoms. The lowest BCUT2D eigenvalue weighted by Crippen LogP contribution is -1.86. The number of aromatic nitrogens is 2. The largest absolute Gasteiger partial charge is 0.319 e. The maximum absolute atomic E-state index is 5.81. The summed E-state index contributed by atoms with van der Waals surface area (Å²) in [6.07, 6.45) is 5.51. The average Bonchev–Trinajstić information content (AvgIpc) is 2.31. The quantitative estimate of drug-likeness (QED) is 0.587. The zero-order valence-corrected chi connectivity index (χ0v) is 6.84. The molecule has 0 fully saturated rings. The first-order chi connectivity index (χ1) is 5.27. The molecule has 0 aliphatic heterocycles. The van der Waals surface area contributed by atoms with Gasteiger partial charge >= 0.3 is 0 Å². The molecule has 2 aromatic heterocycles. The van der Waals surface area contributed by atoms with Crippen LogP contribution >= 0.6 is 11.6 Å². The molecule has 0 aromatic carbocycles. The summed E-state index contributed by atoms with van der Waals surface area (Å²) < 4.78 is 1.96. The molecule has 0 saturated heterocycles. The minimum atomic E-state index is 0.751. The summed E-state index contributed by atoms with van der Waals surface area (Å²) in [5.41, 5.74) is 2.07. The molecule has 56 valence electrons. The Bertz CT molecular complexity index is 392. The highest BCUT2D eigenvalue weighted by atomic mass is 35.5. The number of hydrogen-bond acceptors (Lipinski definition) is 1. The highest BCUT2D eigenvalue weighted by Crippen LogP contribution is 2.15. The van der Waals surface area contributed by atoms with Gasteiger partial charge in [-0.05, 0) is 13.0 Å². The lowest BCUT2D eigenvalue weighted by atomic mass is 10.4. The van der Waals surface area contributed by atoms with Crippen LogP contribution in [0.3, 0.4) is 0 Å². The summed E-state index contributed by atoms with van der Waals surface area (Å²) >= 11 is 5.81. The van der Waals surface area contributed by atoms with Gasteiger partial charge in [0.1, 0.15) is 0 Å². The summed E-state index contributed by atoms with van der Waals surface area (Å²) in [5.74, 6) is 0. The first-order valence-electron chi connectivity index (χ1n) is 3.36. The number of rotatable bonds is 0. The Hall–Kier alpha value is -1.02. The zero-order valence-electron chi connectivity index (χ0n) is 6.08. The van der Waals surface area contributed by atoms with Crippen LogP contribution < -0.4 is 0 Å². The average molecular weight is 167 g/mol. The molecule has 0 amide bonds. The smallest absolute Gasteiger partial charge is 0.0679 e. The molecule has 0 N–H and O–H groups in total. The summed E-state index contributed by atoms with van der Waals surface area (Å²) in [4.78, 5) is 4.14. The van der Waals surface area contributed by atoms with Gasteiger partial charge in [-0.1, -0.05) is 11.6 Å². The van der Waals surface area contributed by atoms with E-state index in [0.29, 0.717) is 0 Å². The van der Waals surface area contributed by atoms with Crippen molar-refractivity contribution in [2.75, 3.05) is 0 Å². The van der Waals surface area contributed by atoms with Gasteiger partial charge in [-0.2, -0.15) is 0 Å². The normalized spacial score (nSPS) is 10.7. The third-order valence-corrected chi connectivity index (χ3v) is 1.89. The maximum Gasteiger partial charge on any atom is 0.0679 e. The predicted octanol–water partition coefficient (Wildman–Crippen LogP) is 2.30. The number of nitrogens with zero attached hydrogens (tertiary/aromatic N) is 2. The van der Waals surface area contributed by atoms with E-state index in [1.807, 2.05) is 29.8 Å². The van der Waals surface area contributed by atoms with E-state index >= 15 is 0 Å². The van der Waals surface area contributed by atoms with Gasteiger partial charge in [-0.3, -0.25) is 4.98 Å². The number of aryl methyl sites for hydroxylation is 1. The molecule has 2 nitrogen and oxygen atoms in total. The highest BCUT2D eigenvalue weighted by Gasteiger charge is 1.98. The molecule has 2 heterocycles. The monoisotopic (exact) mass is 166 g/mol. The van der Waals surface area contributed by atoms with Crippen molar-refractivity contribution in [1.82, 2.24) is 9.38 Å². The molecular weight excluding hydrogens is 160 g/mol. The Morgan fingerprint density at radius 2 is 2.36 bits per heavy atom. The van der Waals surface area contributed by atoms with Crippen LogP contribution in [0.15, 0.2) is 24.7 Å². The second-order valence-corrected chi connectivity index (χ2v) is 2.90. The van der Waals surface area contributed by atoms with E-state index < -0.39 is 0 Å². The van der Waals surface area contributed by atoms with Crippen LogP contribution in [0.25, 0.3) is 5.52 Å². The van der Waals surface area contributed by atoms with E-state index in [1.165, 1.54) is 0 Å². The van der Waals surface area contributed by atoms with E-state index in [1.54, 1.807) is 6.20 Å². The molecule has 2 rings (SSSR count). The third kappa shape index (κ3) is 0.994. The maximum atomic E-state index is 5.81. The van der Waals surface area contributed by atoms with Crippen molar-refractivity contribution in [2.45, 2.75) is 6.92 Å². The molecule has 0 unspecified atom stereocenters. The Kier molecular flexibility index (Phi) is 1.36. The molecule has 3 heteroatoms. The second kappa shape index (κ2) is 2.24. The minimum Gasteiger partial charge on any atom is -0.319 e. The van der Waals surface area contributed by atoms with E-state index in [9.17, 15) is 0 Å². The summed E-state index contributed by atoms with van der Waals surface area (Å²) in [6.45, 7) is 1.96. The van der Waals surface area contributed by atoms with Crippen molar-refractivity contribution in [2.24, 2.45) is 0 Å². The Balaban J connectivity index is 2.90. The van der Waals surface area contributed by atoms with Crippen molar-refractivity contribution < 1.29 is 0 Å². The third-order valence-electron chi connectivity index (χ3n) is 1.68. The van der Waals surface area contributed by atoms with Crippen molar-refractivity contribution in [3.05, 3.63) is 35.4 Å². The molecule has 11 heavy (non-hydrogen) atoms. The molecule has 0 aliphatic rings. The fourth-order valence-electron chi connectivity index (χ4n) is 1.14. The molecule has 0 spiro atoms. The van der Waals surface area contributed by atoms with Crippen LogP contribution in [-0.4, -0.2) is 9.38 Å². The summed E-state index contributed by atoms with van der Waals surface area (Å²) in [7, 11) is 0. The first kappa shape index (κ1) is 6.68. The van der Waals surface area contributed by atoms with Crippen LogP contribution in [0.1, 0.15) is 5.69 Å². The molecular formula is C8H7ClN2. The van der Waals surface area contributed by atoms with Crippen LogP contribution in [0.2, 0.25) is 5.02 Å². The van der Waals surface area contributed by atoms with Gasteiger partial charge in [-0.15, -0.1) is 0 Å². The summed E-state index contributed by atoms with van der Waals surface area (Å²) in [6, 6.07) is 1.91. The van der Waals surface area contributed by atoms with Gasteiger partial charge in [0.15, 0.2) is 0 Å². The van der Waals surface area contributed by atoms with Gasteiger partial charge in [0.05, 0.1) is 16.2 Å². The van der Waals surface area contributed by atoms with E-state index in [0.717, 1.165) is 16.2 Å². The van der Waals surface area contributed by atoms with Crippen LogP contribution in [0.4, 0.5) is 0 Å². The fourth-order valence-corrected chi connectivity index (χ4v) is 1.35. The predicted molar refractivity (Wildman–Crippen MR) is 44.9 cm³/mol. The number of halogens is 1. The van der Waals surface area contributed by atoms with Crippen molar-refractivity contribution in [1.29, 1.82) is 0 Å². The fraction of sp³-hybridized carbons (Fsp3) is 0.125. The first-order valence-corrected chi connectivity index (χ1v) is 3.74. The van der Waals surface area contributed by atoms with Gasteiger partial charge < -0.3 is 4.40 Å². The standard InChI is InChI=1S/C8H7ClN2/c1-6-8-4-7(9)5-11(8)3-2-10-6/h2-5H,1H3.